The van der Waals surface area contributed by atoms with Crippen molar-refractivity contribution in [2.24, 2.45) is 0 Å². The second-order valence-electron chi connectivity index (χ2n) is 5.45. The third-order valence-electron chi connectivity index (χ3n) is 3.28. The number of phosphoric acid groups is 3. The van der Waals surface area contributed by atoms with E-state index >= 15 is 0 Å². The maximum Gasteiger partial charge on any atom is 0.490 e. The maximum atomic E-state index is 11.9. The standard InChI is InChI=1S/C9H15N2O14P3S/c12-6-4(3-22-27(18,19)25-28(20,21)24-26(15,16)17)23-8(7(6)13)11-2-1-5(29)10-9(11)14/h1-2,4,6-8,12-13H,3H2,(H,18,19)(H,20,21)(H,10,14,29)(H2,15,16,17)/t4-,6+,7?,8-/m1/s1. The summed E-state index contributed by atoms with van der Waals surface area (Å²) in [5.74, 6) is 0. The first-order valence-electron chi connectivity index (χ1n) is 7.22. The summed E-state index contributed by atoms with van der Waals surface area (Å²) in [4.78, 5) is 49.4. The van der Waals surface area contributed by atoms with Crippen LogP contribution in [0.3, 0.4) is 0 Å². The van der Waals surface area contributed by atoms with Gasteiger partial charge in [-0.25, -0.2) is 18.5 Å². The molecule has 0 aliphatic carbocycles. The fourth-order valence-electron chi connectivity index (χ4n) is 2.20. The molecule has 0 bridgehead atoms. The maximum absolute atomic E-state index is 11.9. The molecule has 20 heteroatoms. The van der Waals surface area contributed by atoms with Gasteiger partial charge in [-0.15, -0.1) is 0 Å². The number of aliphatic hydroxyl groups excluding tert-OH is 2. The molecule has 0 amide bonds. The average molecular weight is 500 g/mol. The molecule has 1 aromatic rings. The summed E-state index contributed by atoms with van der Waals surface area (Å²) < 4.78 is 51.0. The van der Waals surface area contributed by atoms with Gasteiger partial charge in [0.05, 0.1) is 6.61 Å². The van der Waals surface area contributed by atoms with Gasteiger partial charge in [-0.05, 0) is 6.07 Å². The molecular weight excluding hydrogens is 485 g/mol. The summed E-state index contributed by atoms with van der Waals surface area (Å²) in [5.41, 5.74) is -0.790. The normalized spacial score (nSPS) is 29.3. The SMILES string of the molecule is O=c1[nH]c(=S)ccn1[C@@H]1O[C@H](COP(=O)(O)OP(=O)(O)OP(=O)(O)O)[C@H](O)C1O. The Hall–Kier alpha value is -0.610. The predicted octanol–water partition coefficient (Wildman–Crippen LogP) is -1.13. The molecule has 166 valence electrons. The van der Waals surface area contributed by atoms with E-state index in [0.717, 1.165) is 10.8 Å². The molecule has 29 heavy (non-hydrogen) atoms. The third kappa shape index (κ3) is 6.95. The molecule has 1 saturated heterocycles. The van der Waals surface area contributed by atoms with Gasteiger partial charge in [-0.1, -0.05) is 12.2 Å². The van der Waals surface area contributed by atoms with Crippen LogP contribution >= 0.6 is 35.7 Å². The summed E-state index contributed by atoms with van der Waals surface area (Å²) >= 11 is 4.75. The average Bonchev–Trinajstić information content (AvgIpc) is 2.78. The van der Waals surface area contributed by atoms with Crippen LogP contribution in [0.4, 0.5) is 0 Å². The summed E-state index contributed by atoms with van der Waals surface area (Å²) in [6, 6.07) is 1.29. The molecule has 1 fully saturated rings. The lowest BCUT2D eigenvalue weighted by Crippen LogP contribution is -2.36. The molecule has 2 heterocycles. The number of aromatic amines is 1. The van der Waals surface area contributed by atoms with Crippen molar-refractivity contribution in [2.75, 3.05) is 6.61 Å². The van der Waals surface area contributed by atoms with E-state index in [2.05, 4.69) is 18.1 Å². The highest BCUT2D eigenvalue weighted by Gasteiger charge is 2.46. The Balaban J connectivity index is 2.06. The molecule has 1 aromatic heterocycles. The fraction of sp³-hybridized carbons (Fsp3) is 0.556. The van der Waals surface area contributed by atoms with Crippen LogP contribution in [-0.2, 0) is 31.6 Å². The number of aromatic nitrogens is 2. The minimum absolute atomic E-state index is 0.0866. The topological polar surface area (TPSA) is 247 Å². The Morgan fingerprint density at radius 2 is 1.72 bits per heavy atom. The van der Waals surface area contributed by atoms with Gasteiger partial charge >= 0.3 is 29.2 Å². The van der Waals surface area contributed by atoms with Crippen LogP contribution < -0.4 is 5.69 Å². The van der Waals surface area contributed by atoms with Crippen molar-refractivity contribution in [1.82, 2.24) is 9.55 Å². The molecule has 0 spiro atoms. The molecule has 0 radical (unpaired) electrons. The van der Waals surface area contributed by atoms with E-state index in [1.54, 1.807) is 0 Å². The second kappa shape index (κ2) is 8.86. The predicted molar refractivity (Wildman–Crippen MR) is 91.6 cm³/mol. The molecule has 2 rings (SSSR count). The van der Waals surface area contributed by atoms with Crippen LogP contribution in [0.2, 0.25) is 0 Å². The molecule has 16 nitrogen and oxygen atoms in total. The van der Waals surface area contributed by atoms with E-state index < -0.39 is 60.3 Å². The Kier molecular flexibility index (Phi) is 7.54. The first-order chi connectivity index (χ1) is 13.1. The van der Waals surface area contributed by atoms with Crippen molar-refractivity contribution in [2.45, 2.75) is 24.5 Å². The molecule has 0 saturated carbocycles. The van der Waals surface area contributed by atoms with Crippen LogP contribution in [0, 0.1) is 4.64 Å². The molecule has 3 unspecified atom stereocenters. The molecule has 1 aliphatic heterocycles. The number of H-pyrrole nitrogens is 1. The van der Waals surface area contributed by atoms with Crippen LogP contribution in [0.5, 0.6) is 0 Å². The van der Waals surface area contributed by atoms with Crippen LogP contribution in [0.15, 0.2) is 17.1 Å². The lowest BCUT2D eigenvalue weighted by atomic mass is 10.1. The zero-order valence-corrected chi connectivity index (χ0v) is 17.3. The number of nitrogens with zero attached hydrogens (tertiary/aromatic N) is 1. The lowest BCUT2D eigenvalue weighted by molar-refractivity contribution is -0.0542. The van der Waals surface area contributed by atoms with Crippen molar-refractivity contribution in [3.8, 4) is 0 Å². The highest BCUT2D eigenvalue weighted by Crippen LogP contribution is 2.66. The van der Waals surface area contributed by atoms with Crippen molar-refractivity contribution in [1.29, 1.82) is 0 Å². The van der Waals surface area contributed by atoms with E-state index in [-0.39, 0.29) is 4.64 Å². The number of ether oxygens (including phenoxy) is 1. The van der Waals surface area contributed by atoms with Gasteiger partial charge in [0.1, 0.15) is 23.0 Å². The first-order valence-corrected chi connectivity index (χ1v) is 12.1. The van der Waals surface area contributed by atoms with Crippen molar-refractivity contribution < 1.29 is 61.4 Å². The molecular formula is C9H15N2O14P3S. The lowest BCUT2D eigenvalue weighted by Gasteiger charge is -2.19. The number of phosphoric ester groups is 1. The minimum atomic E-state index is -5.71. The van der Waals surface area contributed by atoms with Crippen molar-refractivity contribution in [3.63, 3.8) is 0 Å². The molecule has 1 aliphatic rings. The highest BCUT2D eigenvalue weighted by molar-refractivity contribution is 7.71. The monoisotopic (exact) mass is 500 g/mol. The van der Waals surface area contributed by atoms with Gasteiger partial charge in [0.2, 0.25) is 0 Å². The van der Waals surface area contributed by atoms with Gasteiger partial charge in [0, 0.05) is 6.20 Å². The van der Waals surface area contributed by atoms with E-state index in [9.17, 15) is 33.6 Å². The molecule has 0 aromatic carbocycles. The summed E-state index contributed by atoms with van der Waals surface area (Å²) in [6.07, 6.45) is -5.23. The first kappa shape index (κ1) is 24.7. The Morgan fingerprint density at radius 3 is 2.28 bits per heavy atom. The van der Waals surface area contributed by atoms with Crippen LogP contribution in [0.25, 0.3) is 0 Å². The van der Waals surface area contributed by atoms with Crippen molar-refractivity contribution >= 4 is 35.7 Å². The van der Waals surface area contributed by atoms with Gasteiger partial charge in [-0.2, -0.15) is 8.62 Å². The summed E-state index contributed by atoms with van der Waals surface area (Å²) in [7, 11) is -16.7. The van der Waals surface area contributed by atoms with Crippen LogP contribution in [0.1, 0.15) is 6.23 Å². The Labute approximate surface area is 165 Å². The smallest absolute Gasteiger partial charge is 0.387 e. The second-order valence-corrected chi connectivity index (χ2v) is 10.3. The molecule has 7 N–H and O–H groups in total. The van der Waals surface area contributed by atoms with Gasteiger partial charge in [0.15, 0.2) is 6.23 Å². The number of nitrogens with one attached hydrogen (secondary N) is 1. The van der Waals surface area contributed by atoms with Gasteiger partial charge in [-0.3, -0.25) is 14.1 Å². The highest BCUT2D eigenvalue weighted by atomic mass is 32.1. The van der Waals surface area contributed by atoms with Crippen molar-refractivity contribution in [3.05, 3.63) is 27.4 Å². The zero-order valence-electron chi connectivity index (χ0n) is 13.8. The number of hydrogen-bond acceptors (Lipinski definition) is 11. The summed E-state index contributed by atoms with van der Waals surface area (Å²) in [6.45, 7) is -1.00. The quantitative estimate of drug-likeness (QED) is 0.165. The number of aliphatic hydroxyl groups is 2. The molecule has 6 atom stereocenters. The van der Waals surface area contributed by atoms with Gasteiger partial charge < -0.3 is 34.5 Å². The zero-order chi connectivity index (χ0) is 22.2. The van der Waals surface area contributed by atoms with E-state index in [4.69, 9.17) is 31.6 Å². The minimum Gasteiger partial charge on any atom is -0.387 e. The number of rotatable bonds is 8. The largest absolute Gasteiger partial charge is 0.490 e. The summed E-state index contributed by atoms with van der Waals surface area (Å²) in [5, 5.41) is 20.0. The number of hydrogen-bond donors (Lipinski definition) is 7. The van der Waals surface area contributed by atoms with E-state index in [1.165, 1.54) is 6.07 Å². The van der Waals surface area contributed by atoms with Crippen LogP contribution in [-0.4, -0.2) is 64.3 Å². The Morgan fingerprint density at radius 1 is 1.10 bits per heavy atom. The van der Waals surface area contributed by atoms with E-state index in [1.807, 2.05) is 0 Å². The Bertz CT molecular complexity index is 1000. The third-order valence-corrected chi connectivity index (χ3v) is 7.32. The van der Waals surface area contributed by atoms with E-state index in [0.29, 0.717) is 0 Å². The van der Waals surface area contributed by atoms with Gasteiger partial charge in [0.25, 0.3) is 0 Å². The fourth-order valence-corrected chi connectivity index (χ4v) is 5.37.